The number of nitrogens with zero attached hydrogens (tertiary/aromatic N) is 2. The van der Waals surface area contributed by atoms with Crippen LogP contribution in [0.3, 0.4) is 0 Å². The average Bonchev–Trinajstić information content (AvgIpc) is 3.01. The Hall–Kier alpha value is -1.58. The van der Waals surface area contributed by atoms with Crippen LogP contribution in [0.5, 0.6) is 0 Å². The second kappa shape index (κ2) is 4.59. The molecule has 1 aliphatic heterocycles. The Bertz CT molecular complexity index is 460. The standard InChI is InChI=1S/C14H19N3O/c1-2-16-13-8-15-6-5-12(13)14(18)17-9-10-3-4-11(17)7-10/h5-6,8,10-11,16H,2-4,7,9H2,1H3. The lowest BCUT2D eigenvalue weighted by molar-refractivity contribution is 0.0704. The van der Waals surface area contributed by atoms with Gasteiger partial charge in [0.1, 0.15) is 0 Å². The predicted octanol–water partition coefficient (Wildman–Crippen LogP) is 2.14. The molecule has 4 heteroatoms. The summed E-state index contributed by atoms with van der Waals surface area (Å²) in [5.41, 5.74) is 1.62. The minimum Gasteiger partial charge on any atom is -0.383 e. The normalized spacial score (nSPS) is 25.5. The van der Waals surface area contributed by atoms with Crippen LogP contribution >= 0.6 is 0 Å². The first-order valence-electron chi connectivity index (χ1n) is 6.78. The zero-order chi connectivity index (χ0) is 12.5. The first-order valence-corrected chi connectivity index (χ1v) is 6.78. The molecular weight excluding hydrogens is 226 g/mol. The largest absolute Gasteiger partial charge is 0.383 e. The molecule has 96 valence electrons. The van der Waals surface area contributed by atoms with Crippen LogP contribution in [0.15, 0.2) is 18.5 Å². The van der Waals surface area contributed by atoms with Gasteiger partial charge in [-0.2, -0.15) is 0 Å². The van der Waals surface area contributed by atoms with Gasteiger partial charge in [0, 0.05) is 25.3 Å². The predicted molar refractivity (Wildman–Crippen MR) is 70.6 cm³/mol. The van der Waals surface area contributed by atoms with E-state index in [-0.39, 0.29) is 5.91 Å². The van der Waals surface area contributed by atoms with Gasteiger partial charge in [-0.15, -0.1) is 0 Å². The minimum atomic E-state index is 0.167. The van der Waals surface area contributed by atoms with Gasteiger partial charge in [-0.3, -0.25) is 9.78 Å². The van der Waals surface area contributed by atoms with Crippen molar-refractivity contribution in [2.24, 2.45) is 5.92 Å². The molecule has 3 rings (SSSR count). The fraction of sp³-hybridized carbons (Fsp3) is 0.571. The molecule has 2 fully saturated rings. The molecule has 1 aromatic heterocycles. The van der Waals surface area contributed by atoms with Crippen LogP contribution in [-0.4, -0.2) is 34.9 Å². The smallest absolute Gasteiger partial charge is 0.256 e. The van der Waals surface area contributed by atoms with E-state index in [2.05, 4.69) is 15.2 Å². The molecule has 2 heterocycles. The van der Waals surface area contributed by atoms with E-state index in [0.717, 1.165) is 30.3 Å². The van der Waals surface area contributed by atoms with Crippen LogP contribution in [-0.2, 0) is 0 Å². The molecule has 0 aromatic carbocycles. The van der Waals surface area contributed by atoms with Crippen molar-refractivity contribution in [3.8, 4) is 0 Å². The highest BCUT2D eigenvalue weighted by Gasteiger charge is 2.40. The van der Waals surface area contributed by atoms with E-state index in [1.54, 1.807) is 12.4 Å². The number of carbonyl (C=O) groups excluding carboxylic acids is 1. The molecule has 2 bridgehead atoms. The monoisotopic (exact) mass is 245 g/mol. The molecule has 2 unspecified atom stereocenters. The Morgan fingerprint density at radius 3 is 3.11 bits per heavy atom. The van der Waals surface area contributed by atoms with E-state index >= 15 is 0 Å². The van der Waals surface area contributed by atoms with Crippen molar-refractivity contribution in [1.82, 2.24) is 9.88 Å². The molecular formula is C14H19N3O. The number of aromatic nitrogens is 1. The lowest BCUT2D eigenvalue weighted by Crippen LogP contribution is -2.38. The number of amides is 1. The third-order valence-electron chi connectivity index (χ3n) is 4.09. The quantitative estimate of drug-likeness (QED) is 0.887. The van der Waals surface area contributed by atoms with Crippen LogP contribution in [0.1, 0.15) is 36.5 Å². The van der Waals surface area contributed by atoms with Gasteiger partial charge in [0.15, 0.2) is 0 Å². The average molecular weight is 245 g/mol. The first-order chi connectivity index (χ1) is 8.79. The minimum absolute atomic E-state index is 0.167. The first kappa shape index (κ1) is 11.5. The van der Waals surface area contributed by atoms with Crippen LogP contribution in [0.2, 0.25) is 0 Å². The van der Waals surface area contributed by atoms with Gasteiger partial charge in [-0.1, -0.05) is 0 Å². The number of hydrogen-bond donors (Lipinski definition) is 1. The molecule has 0 spiro atoms. The van der Waals surface area contributed by atoms with Crippen molar-refractivity contribution < 1.29 is 4.79 Å². The van der Waals surface area contributed by atoms with E-state index in [0.29, 0.717) is 6.04 Å². The Balaban J connectivity index is 1.84. The zero-order valence-electron chi connectivity index (χ0n) is 10.7. The molecule has 18 heavy (non-hydrogen) atoms. The van der Waals surface area contributed by atoms with Crippen molar-refractivity contribution >= 4 is 11.6 Å². The molecule has 1 aliphatic carbocycles. The number of likely N-dealkylation sites (tertiary alicyclic amines) is 1. The molecule has 1 saturated heterocycles. The maximum Gasteiger partial charge on any atom is 0.256 e. The van der Waals surface area contributed by atoms with Crippen molar-refractivity contribution in [3.05, 3.63) is 24.0 Å². The summed E-state index contributed by atoms with van der Waals surface area (Å²) in [5, 5.41) is 3.21. The number of fused-ring (bicyclic) bond motifs is 2. The highest BCUT2D eigenvalue weighted by molar-refractivity contribution is 5.99. The summed E-state index contributed by atoms with van der Waals surface area (Å²) in [5.74, 6) is 0.906. The summed E-state index contributed by atoms with van der Waals surface area (Å²) < 4.78 is 0. The van der Waals surface area contributed by atoms with Gasteiger partial charge < -0.3 is 10.2 Å². The Morgan fingerprint density at radius 2 is 2.44 bits per heavy atom. The summed E-state index contributed by atoms with van der Waals surface area (Å²) >= 11 is 0. The van der Waals surface area contributed by atoms with Crippen molar-refractivity contribution in [2.45, 2.75) is 32.2 Å². The zero-order valence-corrected chi connectivity index (χ0v) is 10.7. The molecule has 0 radical (unpaired) electrons. The van der Waals surface area contributed by atoms with Gasteiger partial charge in [0.05, 0.1) is 17.4 Å². The number of piperidine rings is 1. The number of carbonyl (C=O) groups is 1. The van der Waals surface area contributed by atoms with Gasteiger partial charge in [0.2, 0.25) is 0 Å². The summed E-state index contributed by atoms with van der Waals surface area (Å²) in [7, 11) is 0. The topological polar surface area (TPSA) is 45.2 Å². The highest BCUT2D eigenvalue weighted by Crippen LogP contribution is 2.38. The van der Waals surface area contributed by atoms with E-state index in [4.69, 9.17) is 0 Å². The van der Waals surface area contributed by atoms with E-state index in [9.17, 15) is 4.79 Å². The number of nitrogens with one attached hydrogen (secondary N) is 1. The molecule has 1 saturated carbocycles. The number of rotatable bonds is 3. The summed E-state index contributed by atoms with van der Waals surface area (Å²) in [4.78, 5) is 18.7. The lowest BCUT2D eigenvalue weighted by Gasteiger charge is -2.27. The van der Waals surface area contributed by atoms with E-state index in [1.165, 1.54) is 19.3 Å². The fourth-order valence-corrected chi connectivity index (χ4v) is 3.24. The van der Waals surface area contributed by atoms with E-state index < -0.39 is 0 Å². The molecule has 1 aromatic rings. The molecule has 2 atom stereocenters. The summed E-state index contributed by atoms with van der Waals surface area (Å²) in [6, 6.07) is 2.30. The fourth-order valence-electron chi connectivity index (χ4n) is 3.24. The number of pyridine rings is 1. The highest BCUT2D eigenvalue weighted by atomic mass is 16.2. The number of anilines is 1. The Kier molecular flexibility index (Phi) is 2.94. The summed E-state index contributed by atoms with van der Waals surface area (Å²) in [6.45, 7) is 3.77. The van der Waals surface area contributed by atoms with Crippen LogP contribution in [0, 0.1) is 5.92 Å². The lowest BCUT2D eigenvalue weighted by atomic mass is 10.1. The van der Waals surface area contributed by atoms with Gasteiger partial charge in [0.25, 0.3) is 5.91 Å². The molecule has 1 N–H and O–H groups in total. The third kappa shape index (κ3) is 1.85. The summed E-state index contributed by atoms with van der Waals surface area (Å²) in [6.07, 6.45) is 7.11. The van der Waals surface area contributed by atoms with Crippen molar-refractivity contribution in [3.63, 3.8) is 0 Å². The Labute approximate surface area is 107 Å². The van der Waals surface area contributed by atoms with Gasteiger partial charge >= 0.3 is 0 Å². The third-order valence-corrected chi connectivity index (χ3v) is 4.09. The molecule has 1 amide bonds. The Morgan fingerprint density at radius 1 is 1.56 bits per heavy atom. The van der Waals surface area contributed by atoms with Gasteiger partial charge in [-0.05, 0) is 38.2 Å². The van der Waals surface area contributed by atoms with Crippen LogP contribution < -0.4 is 5.32 Å². The maximum atomic E-state index is 12.6. The van der Waals surface area contributed by atoms with Crippen molar-refractivity contribution in [1.29, 1.82) is 0 Å². The maximum absolute atomic E-state index is 12.6. The van der Waals surface area contributed by atoms with Crippen LogP contribution in [0.25, 0.3) is 0 Å². The number of hydrogen-bond acceptors (Lipinski definition) is 3. The second-order valence-electron chi connectivity index (χ2n) is 5.24. The molecule has 2 aliphatic rings. The molecule has 4 nitrogen and oxygen atoms in total. The van der Waals surface area contributed by atoms with E-state index in [1.807, 2.05) is 13.0 Å². The second-order valence-corrected chi connectivity index (χ2v) is 5.24. The van der Waals surface area contributed by atoms with Crippen molar-refractivity contribution in [2.75, 3.05) is 18.4 Å². The SMILES string of the molecule is CCNc1cnccc1C(=O)N1CC2CCC1C2. The van der Waals surface area contributed by atoms with Gasteiger partial charge in [-0.25, -0.2) is 0 Å². The van der Waals surface area contributed by atoms with Crippen LogP contribution in [0.4, 0.5) is 5.69 Å².